The zero-order chi connectivity index (χ0) is 26.9. The molecule has 0 fully saturated rings. The summed E-state index contributed by atoms with van der Waals surface area (Å²) in [5, 5.41) is 25.6. The fraction of sp³-hybridized carbons (Fsp3) is 0.250. The van der Waals surface area contributed by atoms with Gasteiger partial charge in [-0.15, -0.1) is 0 Å². The third-order valence-corrected chi connectivity index (χ3v) is 6.67. The first-order valence-electron chi connectivity index (χ1n) is 12.8. The molecule has 3 N–H and O–H groups in total. The normalized spacial score (nSPS) is 11.6. The van der Waals surface area contributed by atoms with E-state index in [1.54, 1.807) is 18.5 Å². The van der Waals surface area contributed by atoms with E-state index in [1.807, 2.05) is 19.1 Å². The van der Waals surface area contributed by atoms with E-state index < -0.39 is 0 Å². The van der Waals surface area contributed by atoms with Crippen LogP contribution in [0, 0.1) is 25.2 Å². The molecule has 1 aromatic heterocycles. The number of aryl methyl sites for hydroxylation is 1. The lowest BCUT2D eigenvalue weighted by Crippen LogP contribution is -2.29. The van der Waals surface area contributed by atoms with Crippen LogP contribution < -0.4 is 15.4 Å². The summed E-state index contributed by atoms with van der Waals surface area (Å²) in [6.07, 6.45) is 3.25. The van der Waals surface area contributed by atoms with Crippen molar-refractivity contribution in [1.29, 1.82) is 5.26 Å². The van der Waals surface area contributed by atoms with E-state index in [1.165, 1.54) is 22.3 Å². The first-order chi connectivity index (χ1) is 18.5. The van der Waals surface area contributed by atoms with Crippen LogP contribution in [0.1, 0.15) is 40.3 Å². The van der Waals surface area contributed by atoms with Crippen molar-refractivity contribution in [3.63, 3.8) is 0 Å². The zero-order valence-electron chi connectivity index (χ0n) is 22.2. The van der Waals surface area contributed by atoms with Crippen molar-refractivity contribution in [2.45, 2.75) is 46.5 Å². The van der Waals surface area contributed by atoms with Crippen molar-refractivity contribution >= 4 is 5.69 Å². The van der Waals surface area contributed by atoms with Gasteiger partial charge >= 0.3 is 0 Å². The van der Waals surface area contributed by atoms with E-state index >= 15 is 0 Å². The molecule has 1 unspecified atom stereocenters. The first kappa shape index (κ1) is 26.9. The molecule has 4 aromatic rings. The number of nitriles is 1. The maximum atomic E-state index is 9.45. The van der Waals surface area contributed by atoms with Crippen LogP contribution in [0.3, 0.4) is 0 Å². The highest BCUT2D eigenvalue weighted by atomic mass is 16.5. The molecule has 1 heterocycles. The molecule has 3 aromatic carbocycles. The Bertz CT molecular complexity index is 1410. The van der Waals surface area contributed by atoms with E-state index in [0.717, 1.165) is 28.1 Å². The molecule has 194 valence electrons. The molecule has 0 aliphatic carbocycles. The Morgan fingerprint density at radius 3 is 2.58 bits per heavy atom. The number of hydrogen-bond acceptors (Lipinski definition) is 6. The number of aliphatic hydroxyl groups excluding tert-OH is 1. The van der Waals surface area contributed by atoms with E-state index in [9.17, 15) is 10.4 Å². The van der Waals surface area contributed by atoms with Crippen molar-refractivity contribution in [3.8, 4) is 22.9 Å². The fourth-order valence-electron chi connectivity index (χ4n) is 4.37. The Labute approximate surface area is 225 Å². The number of aromatic nitrogens is 1. The predicted octanol–water partition coefficient (Wildman–Crippen LogP) is 5.90. The number of aliphatic hydroxyl groups is 1. The lowest BCUT2D eigenvalue weighted by molar-refractivity contribution is 0.249. The molecule has 0 saturated carbocycles. The Morgan fingerprint density at radius 2 is 1.82 bits per heavy atom. The minimum Gasteiger partial charge on any atom is -0.488 e. The zero-order valence-corrected chi connectivity index (χ0v) is 22.2. The SMILES string of the molecule is Cc1cc(NCc2cccc(-c3ccccc3)c2C)cc(OCc2cncc(C#N)c2)c1CNC(C)CO. The summed E-state index contributed by atoms with van der Waals surface area (Å²) >= 11 is 0. The van der Waals surface area contributed by atoms with Gasteiger partial charge in [-0.05, 0) is 60.7 Å². The molecule has 0 aliphatic rings. The van der Waals surface area contributed by atoms with Crippen LogP contribution in [-0.4, -0.2) is 22.7 Å². The maximum Gasteiger partial charge on any atom is 0.126 e. The minimum atomic E-state index is -0.0311. The van der Waals surface area contributed by atoms with Crippen LogP contribution >= 0.6 is 0 Å². The summed E-state index contributed by atoms with van der Waals surface area (Å²) in [4.78, 5) is 4.14. The van der Waals surface area contributed by atoms with E-state index in [0.29, 0.717) is 25.3 Å². The number of hydrogen-bond donors (Lipinski definition) is 3. The molecular formula is C32H34N4O2. The van der Waals surface area contributed by atoms with Gasteiger partial charge in [0.05, 0.1) is 12.2 Å². The Morgan fingerprint density at radius 1 is 1.00 bits per heavy atom. The van der Waals surface area contributed by atoms with Gasteiger partial charge in [0.15, 0.2) is 0 Å². The third-order valence-electron chi connectivity index (χ3n) is 6.67. The van der Waals surface area contributed by atoms with Gasteiger partial charge in [0.25, 0.3) is 0 Å². The van der Waals surface area contributed by atoms with Crippen molar-refractivity contribution < 1.29 is 9.84 Å². The lowest BCUT2D eigenvalue weighted by atomic mass is 9.96. The van der Waals surface area contributed by atoms with Crippen LogP contribution in [0.5, 0.6) is 5.75 Å². The third kappa shape index (κ3) is 6.77. The molecule has 6 heteroatoms. The smallest absolute Gasteiger partial charge is 0.126 e. The highest BCUT2D eigenvalue weighted by molar-refractivity contribution is 5.68. The molecular weight excluding hydrogens is 472 g/mol. The van der Waals surface area contributed by atoms with Crippen LogP contribution in [0.15, 0.2) is 79.1 Å². The Balaban J connectivity index is 1.56. The molecule has 0 aliphatic heterocycles. The number of nitrogens with one attached hydrogen (secondary N) is 2. The standard InChI is InChI=1S/C32H34N4O2/c1-22-12-29(36-18-28-10-7-11-30(24(28)3)27-8-5-4-6-9-27)14-32(31(22)19-35-23(2)20-37)38-21-26-13-25(15-33)16-34-17-26/h4-14,16-17,23,35-37H,18-21H2,1-3H3. The van der Waals surface area contributed by atoms with Crippen LogP contribution in [-0.2, 0) is 19.7 Å². The quantitative estimate of drug-likeness (QED) is 0.235. The summed E-state index contributed by atoms with van der Waals surface area (Å²) in [5.74, 6) is 0.752. The number of ether oxygens (including phenoxy) is 1. The number of rotatable bonds is 11. The van der Waals surface area contributed by atoms with Gasteiger partial charge in [0.1, 0.15) is 18.4 Å². The second kappa shape index (κ2) is 12.9. The van der Waals surface area contributed by atoms with Crippen molar-refractivity contribution in [3.05, 3.63) is 113 Å². The molecule has 6 nitrogen and oxygen atoms in total. The van der Waals surface area contributed by atoms with Crippen LogP contribution in [0.4, 0.5) is 5.69 Å². The average Bonchev–Trinajstić information content (AvgIpc) is 2.95. The van der Waals surface area contributed by atoms with Crippen molar-refractivity contribution in [1.82, 2.24) is 10.3 Å². The maximum absolute atomic E-state index is 9.45. The molecule has 0 saturated heterocycles. The molecule has 4 rings (SSSR count). The van der Waals surface area contributed by atoms with Gasteiger partial charge in [-0.2, -0.15) is 5.26 Å². The van der Waals surface area contributed by atoms with Crippen LogP contribution in [0.2, 0.25) is 0 Å². The van der Waals surface area contributed by atoms with E-state index in [4.69, 9.17) is 4.74 Å². The highest BCUT2D eigenvalue weighted by Crippen LogP contribution is 2.30. The van der Waals surface area contributed by atoms with Gasteiger partial charge in [-0.1, -0.05) is 48.5 Å². The molecule has 0 amide bonds. The largest absolute Gasteiger partial charge is 0.488 e. The van der Waals surface area contributed by atoms with Crippen molar-refractivity contribution in [2.75, 3.05) is 11.9 Å². The molecule has 0 radical (unpaired) electrons. The summed E-state index contributed by atoms with van der Waals surface area (Å²) in [6.45, 7) is 7.78. The number of pyridine rings is 1. The minimum absolute atomic E-state index is 0.0311. The number of benzene rings is 3. The first-order valence-corrected chi connectivity index (χ1v) is 12.8. The summed E-state index contributed by atoms with van der Waals surface area (Å²) in [6, 6.07) is 24.9. The number of nitrogens with zero attached hydrogens (tertiary/aromatic N) is 2. The molecule has 1 atom stereocenters. The van der Waals surface area contributed by atoms with E-state index in [2.05, 4.69) is 84.1 Å². The predicted molar refractivity (Wildman–Crippen MR) is 152 cm³/mol. The van der Waals surface area contributed by atoms with Crippen LogP contribution in [0.25, 0.3) is 11.1 Å². The van der Waals surface area contributed by atoms with Gasteiger partial charge in [0.2, 0.25) is 0 Å². The molecule has 38 heavy (non-hydrogen) atoms. The van der Waals surface area contributed by atoms with Gasteiger partial charge in [-0.3, -0.25) is 4.98 Å². The van der Waals surface area contributed by atoms with Gasteiger partial charge in [-0.25, -0.2) is 0 Å². The monoisotopic (exact) mass is 506 g/mol. The second-order valence-corrected chi connectivity index (χ2v) is 9.53. The molecule has 0 spiro atoms. The van der Waals surface area contributed by atoms with E-state index in [-0.39, 0.29) is 12.6 Å². The molecule has 0 bridgehead atoms. The lowest BCUT2D eigenvalue weighted by Gasteiger charge is -2.19. The van der Waals surface area contributed by atoms with Gasteiger partial charge < -0.3 is 20.5 Å². The topological polar surface area (TPSA) is 90.2 Å². The fourth-order valence-corrected chi connectivity index (χ4v) is 4.37. The average molecular weight is 507 g/mol. The summed E-state index contributed by atoms with van der Waals surface area (Å²) in [7, 11) is 0. The Hall–Kier alpha value is -4.18. The van der Waals surface area contributed by atoms with Crippen molar-refractivity contribution in [2.24, 2.45) is 0 Å². The Kier molecular flexibility index (Phi) is 9.10. The van der Waals surface area contributed by atoms with Gasteiger partial charge in [0, 0.05) is 54.4 Å². The second-order valence-electron chi connectivity index (χ2n) is 9.53. The number of anilines is 1. The summed E-state index contributed by atoms with van der Waals surface area (Å²) < 4.78 is 6.27. The summed E-state index contributed by atoms with van der Waals surface area (Å²) in [5.41, 5.74) is 9.34. The highest BCUT2D eigenvalue weighted by Gasteiger charge is 2.13.